The molecule has 18 heavy (non-hydrogen) atoms. The highest BCUT2D eigenvalue weighted by molar-refractivity contribution is 5.62. The first-order valence-corrected chi connectivity index (χ1v) is 5.75. The molecule has 1 aromatic carbocycles. The minimum Gasteiger partial charge on any atom is -0.495 e. The van der Waals surface area contributed by atoms with Crippen LogP contribution in [0, 0.1) is 0 Å². The number of nitrogens with one attached hydrogen (secondary N) is 1. The van der Waals surface area contributed by atoms with Crippen molar-refractivity contribution in [2.45, 2.75) is 6.54 Å². The smallest absolute Gasteiger partial charge is 0.207 e. The SMILES string of the molecule is COCCn1ccnc1Nc1ccccc1OC. The van der Waals surface area contributed by atoms with Gasteiger partial charge in [0.1, 0.15) is 5.75 Å². The molecule has 5 heteroatoms. The molecule has 0 aliphatic carbocycles. The van der Waals surface area contributed by atoms with Gasteiger partial charge in [-0.25, -0.2) is 4.98 Å². The Labute approximate surface area is 106 Å². The Hall–Kier alpha value is -2.01. The van der Waals surface area contributed by atoms with E-state index in [2.05, 4.69) is 10.3 Å². The van der Waals surface area contributed by atoms with Crippen LogP contribution in [0.25, 0.3) is 0 Å². The molecule has 0 aliphatic heterocycles. The van der Waals surface area contributed by atoms with E-state index in [1.165, 1.54) is 0 Å². The van der Waals surface area contributed by atoms with Crippen LogP contribution in [0.4, 0.5) is 11.6 Å². The summed E-state index contributed by atoms with van der Waals surface area (Å²) < 4.78 is 12.4. The molecule has 2 rings (SSSR count). The van der Waals surface area contributed by atoms with Crippen LogP contribution in [-0.4, -0.2) is 30.4 Å². The number of hydrogen-bond donors (Lipinski definition) is 1. The van der Waals surface area contributed by atoms with Gasteiger partial charge in [0.05, 0.1) is 19.4 Å². The highest BCUT2D eigenvalue weighted by Gasteiger charge is 2.06. The van der Waals surface area contributed by atoms with Gasteiger partial charge in [0.15, 0.2) is 0 Å². The van der Waals surface area contributed by atoms with Crippen LogP contribution in [0.5, 0.6) is 5.75 Å². The second-order valence-corrected chi connectivity index (χ2v) is 3.76. The summed E-state index contributed by atoms with van der Waals surface area (Å²) in [6.45, 7) is 1.41. The van der Waals surface area contributed by atoms with Gasteiger partial charge >= 0.3 is 0 Å². The zero-order valence-electron chi connectivity index (χ0n) is 10.6. The van der Waals surface area contributed by atoms with E-state index in [4.69, 9.17) is 9.47 Å². The minimum atomic E-state index is 0.650. The third kappa shape index (κ3) is 2.81. The normalized spacial score (nSPS) is 10.3. The summed E-state index contributed by atoms with van der Waals surface area (Å²) >= 11 is 0. The predicted octanol–water partition coefficient (Wildman–Crippen LogP) is 2.28. The van der Waals surface area contributed by atoms with Crippen molar-refractivity contribution in [3.8, 4) is 5.75 Å². The van der Waals surface area contributed by atoms with Crippen molar-refractivity contribution >= 4 is 11.6 Å². The Bertz CT molecular complexity index is 496. The number of ether oxygens (including phenoxy) is 2. The average Bonchev–Trinajstić information content (AvgIpc) is 2.84. The van der Waals surface area contributed by atoms with Gasteiger partial charge < -0.3 is 19.4 Å². The molecule has 0 spiro atoms. The largest absolute Gasteiger partial charge is 0.495 e. The Morgan fingerprint density at radius 2 is 2.11 bits per heavy atom. The Morgan fingerprint density at radius 3 is 2.89 bits per heavy atom. The van der Waals surface area contributed by atoms with Crippen LogP contribution in [0.1, 0.15) is 0 Å². The van der Waals surface area contributed by atoms with Gasteiger partial charge in [-0.3, -0.25) is 0 Å². The molecular weight excluding hydrogens is 230 g/mol. The van der Waals surface area contributed by atoms with E-state index in [-0.39, 0.29) is 0 Å². The maximum Gasteiger partial charge on any atom is 0.207 e. The molecule has 0 radical (unpaired) electrons. The van der Waals surface area contributed by atoms with Crippen molar-refractivity contribution in [2.24, 2.45) is 0 Å². The van der Waals surface area contributed by atoms with E-state index in [0.29, 0.717) is 6.61 Å². The molecule has 0 saturated carbocycles. The van der Waals surface area contributed by atoms with E-state index in [0.717, 1.165) is 23.9 Å². The van der Waals surface area contributed by atoms with Crippen LogP contribution in [0.2, 0.25) is 0 Å². The van der Waals surface area contributed by atoms with Crippen LogP contribution in [-0.2, 0) is 11.3 Å². The monoisotopic (exact) mass is 247 g/mol. The molecule has 0 fully saturated rings. The summed E-state index contributed by atoms with van der Waals surface area (Å²) in [7, 11) is 3.34. The Kier molecular flexibility index (Phi) is 4.20. The first-order chi connectivity index (χ1) is 8.85. The highest BCUT2D eigenvalue weighted by Crippen LogP contribution is 2.26. The molecule has 0 atom stereocenters. The number of nitrogens with zero attached hydrogens (tertiary/aromatic N) is 2. The van der Waals surface area contributed by atoms with E-state index in [9.17, 15) is 0 Å². The van der Waals surface area contributed by atoms with Gasteiger partial charge in [0, 0.05) is 26.0 Å². The molecule has 0 amide bonds. The molecule has 0 saturated heterocycles. The second kappa shape index (κ2) is 6.07. The summed E-state index contributed by atoms with van der Waals surface area (Å²) in [5.41, 5.74) is 0.893. The number of methoxy groups -OCH3 is 2. The lowest BCUT2D eigenvalue weighted by atomic mass is 10.3. The predicted molar refractivity (Wildman–Crippen MR) is 70.4 cm³/mol. The first-order valence-electron chi connectivity index (χ1n) is 5.75. The van der Waals surface area contributed by atoms with Crippen LogP contribution < -0.4 is 10.1 Å². The molecule has 2 aromatic rings. The van der Waals surface area contributed by atoms with E-state index < -0.39 is 0 Å². The van der Waals surface area contributed by atoms with Crippen molar-refractivity contribution in [3.05, 3.63) is 36.7 Å². The third-order valence-corrected chi connectivity index (χ3v) is 2.61. The van der Waals surface area contributed by atoms with Crippen molar-refractivity contribution in [1.29, 1.82) is 0 Å². The maximum absolute atomic E-state index is 5.29. The average molecular weight is 247 g/mol. The number of imidazole rings is 1. The summed E-state index contributed by atoms with van der Waals surface area (Å²) in [6.07, 6.45) is 3.67. The molecule has 96 valence electrons. The van der Waals surface area contributed by atoms with Gasteiger partial charge in [-0.1, -0.05) is 12.1 Å². The first kappa shape index (κ1) is 12.4. The molecule has 1 aromatic heterocycles. The minimum absolute atomic E-state index is 0.650. The molecule has 0 unspecified atom stereocenters. The van der Waals surface area contributed by atoms with E-state index in [1.807, 2.05) is 35.0 Å². The fraction of sp³-hybridized carbons (Fsp3) is 0.308. The third-order valence-electron chi connectivity index (χ3n) is 2.61. The van der Waals surface area contributed by atoms with Gasteiger partial charge in [0.25, 0.3) is 0 Å². The van der Waals surface area contributed by atoms with Gasteiger partial charge in [-0.15, -0.1) is 0 Å². The quantitative estimate of drug-likeness (QED) is 0.850. The van der Waals surface area contributed by atoms with Crippen LogP contribution in [0.15, 0.2) is 36.7 Å². The lowest BCUT2D eigenvalue weighted by molar-refractivity contribution is 0.188. The fourth-order valence-corrected chi connectivity index (χ4v) is 1.67. The fourth-order valence-electron chi connectivity index (χ4n) is 1.67. The number of benzene rings is 1. The summed E-state index contributed by atoms with van der Waals surface area (Å²) in [6, 6.07) is 7.74. The molecule has 5 nitrogen and oxygen atoms in total. The Balaban J connectivity index is 2.15. The number of aromatic nitrogens is 2. The highest BCUT2D eigenvalue weighted by atomic mass is 16.5. The van der Waals surface area contributed by atoms with E-state index in [1.54, 1.807) is 20.4 Å². The maximum atomic E-state index is 5.29. The zero-order chi connectivity index (χ0) is 12.8. The van der Waals surface area contributed by atoms with E-state index >= 15 is 0 Å². The second-order valence-electron chi connectivity index (χ2n) is 3.76. The number of hydrogen-bond acceptors (Lipinski definition) is 4. The van der Waals surface area contributed by atoms with Crippen molar-refractivity contribution in [2.75, 3.05) is 26.1 Å². The molecule has 0 aliphatic rings. The van der Waals surface area contributed by atoms with Crippen LogP contribution in [0.3, 0.4) is 0 Å². The van der Waals surface area contributed by atoms with Crippen LogP contribution >= 0.6 is 0 Å². The van der Waals surface area contributed by atoms with Gasteiger partial charge in [-0.05, 0) is 12.1 Å². The van der Waals surface area contributed by atoms with Gasteiger partial charge in [0.2, 0.25) is 5.95 Å². The number of rotatable bonds is 6. The molecule has 1 N–H and O–H groups in total. The van der Waals surface area contributed by atoms with Crippen molar-refractivity contribution < 1.29 is 9.47 Å². The number of anilines is 2. The lowest BCUT2D eigenvalue weighted by Crippen LogP contribution is -2.07. The van der Waals surface area contributed by atoms with Crippen molar-refractivity contribution in [1.82, 2.24) is 9.55 Å². The van der Waals surface area contributed by atoms with Gasteiger partial charge in [-0.2, -0.15) is 0 Å². The summed E-state index contributed by atoms with van der Waals surface area (Å²) in [5.74, 6) is 1.57. The topological polar surface area (TPSA) is 48.3 Å². The number of para-hydroxylation sites is 2. The zero-order valence-corrected chi connectivity index (χ0v) is 10.6. The standard InChI is InChI=1S/C13H17N3O2/c1-17-10-9-16-8-7-14-13(16)15-11-5-3-4-6-12(11)18-2/h3-8H,9-10H2,1-2H3,(H,14,15). The molecular formula is C13H17N3O2. The molecule has 1 heterocycles. The van der Waals surface area contributed by atoms with Crippen molar-refractivity contribution in [3.63, 3.8) is 0 Å². The summed E-state index contributed by atoms with van der Waals surface area (Å²) in [5, 5.41) is 3.25. The Morgan fingerprint density at radius 1 is 1.28 bits per heavy atom. The lowest BCUT2D eigenvalue weighted by Gasteiger charge is -2.12. The summed E-state index contributed by atoms with van der Waals surface area (Å²) in [4.78, 5) is 4.28. The molecule has 0 bridgehead atoms.